The van der Waals surface area contributed by atoms with E-state index in [1.807, 2.05) is 31.2 Å². The highest BCUT2D eigenvalue weighted by atomic mass is 16.5. The average Bonchev–Trinajstić information content (AvgIpc) is 2.60. The standard InChI is InChI=1S/C23H8O/c1-3-4-5-6-7-8-9-10-11-12-13-14-15-16-21-24-23-19-17-22(2)18-20-23/h1,17-20H,2H3. The van der Waals surface area contributed by atoms with Crippen molar-refractivity contribution >= 4 is 0 Å². The lowest BCUT2D eigenvalue weighted by molar-refractivity contribution is 0.520. The van der Waals surface area contributed by atoms with E-state index in [2.05, 4.69) is 89.0 Å². The first-order valence-electron chi connectivity index (χ1n) is 6.52. The number of terminal acetylenes is 1. The van der Waals surface area contributed by atoms with E-state index < -0.39 is 0 Å². The second-order valence-corrected chi connectivity index (χ2v) is 3.79. The fraction of sp³-hybridized carbons (Fsp3) is 0.0435. The molecule has 0 bridgehead atoms. The van der Waals surface area contributed by atoms with E-state index in [-0.39, 0.29) is 0 Å². The first-order chi connectivity index (χ1) is 11.8. The van der Waals surface area contributed by atoms with Crippen LogP contribution < -0.4 is 4.74 Å². The smallest absolute Gasteiger partial charge is 0.140 e. The van der Waals surface area contributed by atoms with E-state index >= 15 is 0 Å². The minimum atomic E-state index is 0.666. The highest BCUT2D eigenvalue weighted by Crippen LogP contribution is 2.10. The van der Waals surface area contributed by atoms with Crippen LogP contribution in [0.2, 0.25) is 0 Å². The van der Waals surface area contributed by atoms with Gasteiger partial charge in [-0.15, -0.1) is 6.42 Å². The predicted molar refractivity (Wildman–Crippen MR) is 95.1 cm³/mol. The van der Waals surface area contributed by atoms with Gasteiger partial charge < -0.3 is 4.74 Å². The summed E-state index contributed by atoms with van der Waals surface area (Å²) >= 11 is 0. The Hall–Kier alpha value is -4.50. The lowest BCUT2D eigenvalue weighted by atomic mass is 10.2. The predicted octanol–water partition coefficient (Wildman–Crippen LogP) is 1.99. The number of ether oxygens (including phenoxy) is 1. The van der Waals surface area contributed by atoms with Crippen LogP contribution in [0.1, 0.15) is 5.56 Å². The van der Waals surface area contributed by atoms with Crippen molar-refractivity contribution in [2.75, 3.05) is 0 Å². The molecule has 0 N–H and O–H groups in total. The summed E-state index contributed by atoms with van der Waals surface area (Å²) in [5.41, 5.74) is 1.15. The van der Waals surface area contributed by atoms with E-state index in [4.69, 9.17) is 11.2 Å². The van der Waals surface area contributed by atoms with E-state index in [0.717, 1.165) is 5.56 Å². The first-order valence-corrected chi connectivity index (χ1v) is 6.52. The third-order valence-corrected chi connectivity index (χ3v) is 2.06. The molecule has 1 rings (SSSR count). The molecule has 0 aromatic heterocycles. The molecule has 0 radical (unpaired) electrons. The van der Waals surface area contributed by atoms with Gasteiger partial charge in [0.15, 0.2) is 0 Å². The van der Waals surface area contributed by atoms with Crippen molar-refractivity contribution in [1.29, 1.82) is 0 Å². The minimum absolute atomic E-state index is 0.666. The first kappa shape index (κ1) is 17.6. The zero-order valence-corrected chi connectivity index (χ0v) is 12.8. The topological polar surface area (TPSA) is 9.23 Å². The summed E-state index contributed by atoms with van der Waals surface area (Å²) in [6, 6.07) is 7.54. The molecule has 0 spiro atoms. The van der Waals surface area contributed by atoms with Crippen molar-refractivity contribution in [3.63, 3.8) is 0 Å². The van der Waals surface area contributed by atoms with Gasteiger partial charge in [0.1, 0.15) is 11.9 Å². The Morgan fingerprint density at radius 3 is 1.50 bits per heavy atom. The number of aryl methyl sites for hydroxylation is 1. The fourth-order valence-electron chi connectivity index (χ4n) is 1.10. The molecule has 0 aliphatic heterocycles. The molecule has 1 nitrogen and oxygen atoms in total. The zero-order valence-electron chi connectivity index (χ0n) is 12.8. The van der Waals surface area contributed by atoms with Crippen LogP contribution in [-0.4, -0.2) is 0 Å². The van der Waals surface area contributed by atoms with Gasteiger partial charge in [0.05, 0.1) is 0 Å². The van der Waals surface area contributed by atoms with E-state index in [1.165, 1.54) is 0 Å². The highest BCUT2D eigenvalue weighted by molar-refractivity contribution is 5.45. The fourth-order valence-corrected chi connectivity index (χ4v) is 1.10. The van der Waals surface area contributed by atoms with Crippen molar-refractivity contribution in [2.45, 2.75) is 6.92 Å². The molecule has 0 saturated carbocycles. The average molecular weight is 300 g/mol. The molecular formula is C23H8O. The van der Waals surface area contributed by atoms with Crippen molar-refractivity contribution in [1.82, 2.24) is 0 Å². The number of rotatable bonds is 1. The Balaban J connectivity index is 2.42. The largest absolute Gasteiger partial charge is 0.407 e. The molecule has 1 aromatic rings. The van der Waals surface area contributed by atoms with Crippen LogP contribution in [0.3, 0.4) is 0 Å². The SMILES string of the molecule is C#CC#CC#CC#CC#CC#CC#CC#COc1ccc(C)cc1. The van der Waals surface area contributed by atoms with E-state index in [1.54, 1.807) is 0 Å². The Morgan fingerprint density at radius 1 is 0.625 bits per heavy atom. The van der Waals surface area contributed by atoms with Crippen LogP contribution >= 0.6 is 0 Å². The lowest BCUT2D eigenvalue weighted by Gasteiger charge is -1.95. The van der Waals surface area contributed by atoms with Gasteiger partial charge in [0.2, 0.25) is 0 Å². The maximum atomic E-state index is 5.18. The normalized spacial score (nSPS) is 5.83. The molecule has 0 fully saturated rings. The Bertz CT molecular complexity index is 1060. The lowest BCUT2D eigenvalue weighted by Crippen LogP contribution is -1.81. The van der Waals surface area contributed by atoms with Crippen LogP contribution in [0, 0.1) is 102 Å². The quantitative estimate of drug-likeness (QED) is 0.721. The molecule has 24 heavy (non-hydrogen) atoms. The van der Waals surface area contributed by atoms with Gasteiger partial charge in [-0.3, -0.25) is 0 Å². The van der Waals surface area contributed by atoms with Crippen LogP contribution in [0.15, 0.2) is 24.3 Å². The van der Waals surface area contributed by atoms with Crippen LogP contribution in [0.4, 0.5) is 0 Å². The van der Waals surface area contributed by atoms with Gasteiger partial charge in [0.25, 0.3) is 0 Å². The summed E-state index contributed by atoms with van der Waals surface area (Å²) in [5, 5.41) is 0. The van der Waals surface area contributed by atoms with Gasteiger partial charge in [-0.25, -0.2) is 0 Å². The maximum absolute atomic E-state index is 5.18. The third kappa shape index (κ3) is 9.41. The maximum Gasteiger partial charge on any atom is 0.140 e. The summed E-state index contributed by atoms with van der Waals surface area (Å²) in [6.45, 7) is 2.00. The van der Waals surface area contributed by atoms with E-state index in [9.17, 15) is 0 Å². The van der Waals surface area contributed by atoms with Crippen molar-refractivity contribution < 1.29 is 4.74 Å². The summed E-state index contributed by atoms with van der Waals surface area (Å²) in [4.78, 5) is 0. The summed E-state index contributed by atoms with van der Waals surface area (Å²) in [6.07, 6.45) is 7.39. The molecule has 1 aromatic carbocycles. The molecule has 0 aliphatic rings. The zero-order chi connectivity index (χ0) is 17.3. The van der Waals surface area contributed by atoms with E-state index in [0.29, 0.717) is 5.75 Å². The van der Waals surface area contributed by atoms with Crippen molar-refractivity contribution in [2.24, 2.45) is 0 Å². The number of hydrogen-bond donors (Lipinski definition) is 0. The van der Waals surface area contributed by atoms with Gasteiger partial charge in [-0.1, -0.05) is 17.7 Å². The Labute approximate surface area is 143 Å². The second-order valence-electron chi connectivity index (χ2n) is 3.79. The molecule has 106 valence electrons. The monoisotopic (exact) mass is 300 g/mol. The molecule has 0 amide bonds. The second kappa shape index (κ2) is 12.3. The van der Waals surface area contributed by atoms with Crippen molar-refractivity contribution in [3.8, 4) is 101 Å². The third-order valence-electron chi connectivity index (χ3n) is 2.06. The van der Waals surface area contributed by atoms with Crippen LogP contribution in [0.5, 0.6) is 5.75 Å². The van der Waals surface area contributed by atoms with Gasteiger partial charge in [0, 0.05) is 41.4 Å². The summed E-state index contributed by atoms with van der Waals surface area (Å²) in [5.74, 6) is 35.1. The van der Waals surface area contributed by atoms with Gasteiger partial charge in [-0.2, -0.15) is 0 Å². The highest BCUT2D eigenvalue weighted by Gasteiger charge is 1.88. The van der Waals surface area contributed by atoms with Crippen molar-refractivity contribution in [3.05, 3.63) is 29.8 Å². The Kier molecular flexibility index (Phi) is 8.96. The van der Waals surface area contributed by atoms with Crippen LogP contribution in [-0.2, 0) is 0 Å². The van der Waals surface area contributed by atoms with Crippen LogP contribution in [0.25, 0.3) is 0 Å². The van der Waals surface area contributed by atoms with Gasteiger partial charge in [-0.05, 0) is 60.5 Å². The summed E-state index contributed by atoms with van der Waals surface area (Å²) < 4.78 is 5.18. The molecule has 0 unspecified atom stereocenters. The molecule has 0 aliphatic carbocycles. The minimum Gasteiger partial charge on any atom is -0.407 e. The molecule has 0 saturated heterocycles. The van der Waals surface area contributed by atoms with Gasteiger partial charge >= 0.3 is 0 Å². The molecule has 1 heteroatoms. The summed E-state index contributed by atoms with van der Waals surface area (Å²) in [7, 11) is 0. The molecule has 0 heterocycles. The number of hydrogen-bond acceptors (Lipinski definition) is 1. The molecule has 0 atom stereocenters. The Morgan fingerprint density at radius 2 is 1.04 bits per heavy atom. The molecular weight excluding hydrogens is 292 g/mol. The number of benzene rings is 1.